The van der Waals surface area contributed by atoms with Gasteiger partial charge in [-0.05, 0) is 53.1 Å². The van der Waals surface area contributed by atoms with Crippen LogP contribution >= 0.6 is 11.6 Å². The molecule has 0 aliphatic rings. The van der Waals surface area contributed by atoms with E-state index in [4.69, 9.17) is 11.6 Å². The van der Waals surface area contributed by atoms with Crippen molar-refractivity contribution in [1.29, 1.82) is 0 Å². The first-order chi connectivity index (χ1) is 13.8. The van der Waals surface area contributed by atoms with Gasteiger partial charge in [-0.15, -0.1) is 0 Å². The molecule has 2 heterocycles. The molecule has 0 atom stereocenters. The van der Waals surface area contributed by atoms with Crippen molar-refractivity contribution in [1.82, 2.24) is 15.0 Å². The maximum atomic E-state index is 6.08. The third kappa shape index (κ3) is 4.64. The third-order valence-electron chi connectivity index (χ3n) is 4.14. The molecule has 0 radical (unpaired) electrons. The van der Waals surface area contributed by atoms with Gasteiger partial charge in [-0.2, -0.15) is 4.98 Å². The lowest BCUT2D eigenvalue weighted by Gasteiger charge is -2.09. The molecule has 0 aliphatic heterocycles. The van der Waals surface area contributed by atoms with Crippen molar-refractivity contribution in [2.45, 2.75) is 6.54 Å². The van der Waals surface area contributed by atoms with E-state index in [1.807, 2.05) is 60.8 Å². The maximum Gasteiger partial charge on any atom is 0.224 e. The molecule has 138 valence electrons. The quantitative estimate of drug-likeness (QED) is 0.454. The lowest BCUT2D eigenvalue weighted by molar-refractivity contribution is 1.04. The minimum atomic E-state index is 0.560. The number of hydrogen-bond donors (Lipinski definition) is 2. The first kappa shape index (κ1) is 17.9. The Morgan fingerprint density at radius 2 is 1.75 bits per heavy atom. The molecule has 0 fully saturated rings. The summed E-state index contributed by atoms with van der Waals surface area (Å²) in [6.07, 6.45) is 5.29. The summed E-state index contributed by atoms with van der Waals surface area (Å²) in [5.74, 6) is 1.28. The molecule has 0 amide bonds. The van der Waals surface area contributed by atoms with Crippen molar-refractivity contribution < 1.29 is 0 Å². The van der Waals surface area contributed by atoms with Crippen LogP contribution in [0.2, 0.25) is 5.02 Å². The molecule has 2 N–H and O–H groups in total. The minimum absolute atomic E-state index is 0.560. The average molecular weight is 388 g/mol. The van der Waals surface area contributed by atoms with Gasteiger partial charge in [-0.3, -0.25) is 4.98 Å². The predicted molar refractivity (Wildman–Crippen MR) is 114 cm³/mol. The second-order valence-electron chi connectivity index (χ2n) is 6.19. The van der Waals surface area contributed by atoms with E-state index < -0.39 is 0 Å². The second-order valence-corrected chi connectivity index (χ2v) is 6.63. The van der Waals surface area contributed by atoms with Crippen molar-refractivity contribution in [3.63, 3.8) is 0 Å². The largest absolute Gasteiger partial charge is 0.350 e. The Morgan fingerprint density at radius 3 is 2.54 bits per heavy atom. The molecule has 0 saturated carbocycles. The molecule has 2 aromatic heterocycles. The lowest BCUT2D eigenvalue weighted by atomic mass is 10.1. The second kappa shape index (κ2) is 8.50. The van der Waals surface area contributed by atoms with Crippen LogP contribution in [0.3, 0.4) is 0 Å². The van der Waals surface area contributed by atoms with Gasteiger partial charge in [0.15, 0.2) is 0 Å². The number of rotatable bonds is 6. The van der Waals surface area contributed by atoms with E-state index in [0.29, 0.717) is 12.5 Å². The summed E-state index contributed by atoms with van der Waals surface area (Å²) in [7, 11) is 0. The minimum Gasteiger partial charge on any atom is -0.350 e. The van der Waals surface area contributed by atoms with Crippen LogP contribution in [0, 0.1) is 0 Å². The molecule has 4 rings (SSSR count). The number of nitrogens with one attached hydrogen (secondary N) is 2. The monoisotopic (exact) mass is 387 g/mol. The van der Waals surface area contributed by atoms with Crippen LogP contribution in [0.1, 0.15) is 5.56 Å². The SMILES string of the molecule is Clc1cccc(-c2ccc(Nc3ccnc(NCc4cccnc4)n3)cc2)c1. The zero-order valence-corrected chi connectivity index (χ0v) is 15.8. The van der Waals surface area contributed by atoms with Crippen molar-refractivity contribution in [2.75, 3.05) is 10.6 Å². The van der Waals surface area contributed by atoms with Gasteiger partial charge in [0.05, 0.1) is 0 Å². The highest BCUT2D eigenvalue weighted by atomic mass is 35.5. The average Bonchev–Trinajstić information content (AvgIpc) is 2.74. The predicted octanol–water partition coefficient (Wildman–Crippen LogP) is 5.55. The third-order valence-corrected chi connectivity index (χ3v) is 4.38. The highest BCUT2D eigenvalue weighted by Gasteiger charge is 2.02. The fourth-order valence-electron chi connectivity index (χ4n) is 2.76. The van der Waals surface area contributed by atoms with E-state index in [9.17, 15) is 0 Å². The molecular formula is C22H18ClN5. The Kier molecular flexibility index (Phi) is 5.45. The summed E-state index contributed by atoms with van der Waals surface area (Å²) in [4.78, 5) is 12.9. The highest BCUT2D eigenvalue weighted by molar-refractivity contribution is 6.30. The topological polar surface area (TPSA) is 62.7 Å². The standard InChI is InChI=1S/C22H18ClN5/c23-19-5-1-4-18(13-19)17-6-8-20(9-7-17)27-21-10-12-25-22(28-21)26-15-16-3-2-11-24-14-16/h1-14H,15H2,(H2,25,26,27,28). The zero-order chi connectivity index (χ0) is 19.2. The molecule has 6 heteroatoms. The van der Waals surface area contributed by atoms with Gasteiger partial charge < -0.3 is 10.6 Å². The Balaban J connectivity index is 1.42. The Bertz CT molecular complexity index is 1050. The van der Waals surface area contributed by atoms with E-state index in [1.165, 1.54) is 0 Å². The smallest absolute Gasteiger partial charge is 0.224 e. The maximum absolute atomic E-state index is 6.08. The normalized spacial score (nSPS) is 10.5. The number of anilines is 3. The molecule has 28 heavy (non-hydrogen) atoms. The molecule has 4 aromatic rings. The number of hydrogen-bond acceptors (Lipinski definition) is 5. The molecule has 2 aromatic carbocycles. The number of pyridine rings is 1. The Labute approximate surface area is 168 Å². The van der Waals surface area contributed by atoms with Crippen LogP contribution in [0.5, 0.6) is 0 Å². The molecule has 5 nitrogen and oxygen atoms in total. The van der Waals surface area contributed by atoms with Gasteiger partial charge in [0.1, 0.15) is 5.82 Å². The van der Waals surface area contributed by atoms with Gasteiger partial charge in [0.25, 0.3) is 0 Å². The summed E-state index contributed by atoms with van der Waals surface area (Å²) in [6.45, 7) is 0.617. The first-order valence-electron chi connectivity index (χ1n) is 8.85. The van der Waals surface area contributed by atoms with Crippen molar-refractivity contribution >= 4 is 29.1 Å². The molecule has 0 spiro atoms. The van der Waals surface area contributed by atoms with Crippen LogP contribution in [0.25, 0.3) is 11.1 Å². The van der Waals surface area contributed by atoms with E-state index in [0.717, 1.165) is 33.2 Å². The molecular weight excluding hydrogens is 370 g/mol. The molecule has 0 bridgehead atoms. The summed E-state index contributed by atoms with van der Waals surface area (Å²) < 4.78 is 0. The van der Waals surface area contributed by atoms with Crippen LogP contribution < -0.4 is 10.6 Å². The van der Waals surface area contributed by atoms with Crippen molar-refractivity contribution in [2.24, 2.45) is 0 Å². The zero-order valence-electron chi connectivity index (χ0n) is 15.0. The summed E-state index contributed by atoms with van der Waals surface area (Å²) in [5.41, 5.74) is 4.21. The van der Waals surface area contributed by atoms with Gasteiger partial charge in [-0.1, -0.05) is 41.9 Å². The number of halogens is 1. The van der Waals surface area contributed by atoms with Gasteiger partial charge in [0.2, 0.25) is 5.95 Å². The highest BCUT2D eigenvalue weighted by Crippen LogP contribution is 2.25. The van der Waals surface area contributed by atoms with Crippen LogP contribution in [-0.4, -0.2) is 15.0 Å². The van der Waals surface area contributed by atoms with Crippen LogP contribution in [0.4, 0.5) is 17.5 Å². The number of nitrogens with zero attached hydrogens (tertiary/aromatic N) is 3. The fraction of sp³-hybridized carbons (Fsp3) is 0.0455. The van der Waals surface area contributed by atoms with Gasteiger partial charge in [0, 0.05) is 35.8 Å². The van der Waals surface area contributed by atoms with Crippen LogP contribution in [-0.2, 0) is 6.54 Å². The van der Waals surface area contributed by atoms with Crippen molar-refractivity contribution in [3.05, 3.63) is 95.9 Å². The number of aromatic nitrogens is 3. The Morgan fingerprint density at radius 1 is 0.857 bits per heavy atom. The molecule has 0 unspecified atom stereocenters. The first-order valence-corrected chi connectivity index (χ1v) is 9.23. The van der Waals surface area contributed by atoms with E-state index in [1.54, 1.807) is 12.4 Å². The van der Waals surface area contributed by atoms with Crippen molar-refractivity contribution in [3.8, 4) is 11.1 Å². The van der Waals surface area contributed by atoms with Crippen LogP contribution in [0.15, 0.2) is 85.3 Å². The molecule has 0 saturated heterocycles. The van der Waals surface area contributed by atoms with Gasteiger partial charge in [-0.25, -0.2) is 4.98 Å². The summed E-state index contributed by atoms with van der Waals surface area (Å²) >= 11 is 6.08. The van der Waals surface area contributed by atoms with E-state index in [-0.39, 0.29) is 0 Å². The fourth-order valence-corrected chi connectivity index (χ4v) is 2.95. The lowest BCUT2D eigenvalue weighted by Crippen LogP contribution is -2.05. The molecule has 0 aliphatic carbocycles. The summed E-state index contributed by atoms with van der Waals surface area (Å²) in [6, 6.07) is 21.7. The number of benzene rings is 2. The van der Waals surface area contributed by atoms with Gasteiger partial charge >= 0.3 is 0 Å². The van der Waals surface area contributed by atoms with E-state index in [2.05, 4.69) is 37.7 Å². The summed E-state index contributed by atoms with van der Waals surface area (Å²) in [5, 5.41) is 7.24. The van der Waals surface area contributed by atoms with E-state index >= 15 is 0 Å². The Hall–Kier alpha value is -3.44.